The number of guanidine groups is 1. The second kappa shape index (κ2) is 16.8. The van der Waals surface area contributed by atoms with Crippen LogP contribution in [-0.2, 0) is 9.53 Å². The van der Waals surface area contributed by atoms with Gasteiger partial charge in [0.05, 0.1) is 13.2 Å². The maximum Gasteiger partial charge on any atom is 0.239 e. The number of aliphatic imine (C=N–C) groups is 1. The molecule has 0 saturated carbocycles. The Balaban J connectivity index is 0. The van der Waals surface area contributed by atoms with Gasteiger partial charge < -0.3 is 20.7 Å². The molecule has 3 N–H and O–H groups in total. The minimum atomic E-state index is -0.0672. The number of thioether (sulfide) groups is 1. The van der Waals surface area contributed by atoms with Crippen molar-refractivity contribution in [1.29, 1.82) is 0 Å². The van der Waals surface area contributed by atoms with E-state index in [1.54, 1.807) is 14.2 Å². The summed E-state index contributed by atoms with van der Waals surface area (Å²) in [4.78, 5) is 15.5. The van der Waals surface area contributed by atoms with Crippen LogP contribution >= 0.6 is 35.7 Å². The van der Waals surface area contributed by atoms with Crippen LogP contribution in [0.2, 0.25) is 0 Å². The lowest BCUT2D eigenvalue weighted by Gasteiger charge is -2.11. The summed E-state index contributed by atoms with van der Waals surface area (Å²) in [5, 5.41) is 8.88. The van der Waals surface area contributed by atoms with Crippen molar-refractivity contribution >= 4 is 47.6 Å². The van der Waals surface area contributed by atoms with E-state index < -0.39 is 0 Å². The minimum Gasteiger partial charge on any atom is -0.383 e. The summed E-state index contributed by atoms with van der Waals surface area (Å²) >= 11 is 1.85. The fraction of sp³-hybridized carbons (Fsp3) is 0.833. The van der Waals surface area contributed by atoms with Crippen molar-refractivity contribution in [3.8, 4) is 0 Å². The molecule has 0 bridgehead atoms. The Morgan fingerprint density at radius 1 is 1.20 bits per heavy atom. The SMILES string of the molecule is CN=C(NCCCCSC)NCC(=O)NCCOC.I. The third-order valence-electron chi connectivity index (χ3n) is 2.34. The number of rotatable bonds is 10. The standard InChI is InChI=1S/C12H26N4O2S.HI/c1-13-12(15-6-4-5-9-19-3)16-10-11(17)14-7-8-18-2;/h4-10H2,1-3H3,(H,14,17)(H2,13,15,16);1H. The van der Waals surface area contributed by atoms with E-state index >= 15 is 0 Å². The second-order valence-corrected chi connectivity index (χ2v) is 4.88. The van der Waals surface area contributed by atoms with Crippen molar-refractivity contribution in [2.24, 2.45) is 4.99 Å². The van der Waals surface area contributed by atoms with Crippen molar-refractivity contribution in [2.75, 3.05) is 52.4 Å². The number of carbonyl (C=O) groups excluding carboxylic acids is 1. The van der Waals surface area contributed by atoms with Gasteiger partial charge in [0.15, 0.2) is 5.96 Å². The van der Waals surface area contributed by atoms with Gasteiger partial charge in [0.1, 0.15) is 0 Å². The molecule has 0 radical (unpaired) electrons. The van der Waals surface area contributed by atoms with E-state index in [2.05, 4.69) is 27.2 Å². The highest BCUT2D eigenvalue weighted by atomic mass is 127. The summed E-state index contributed by atoms with van der Waals surface area (Å²) in [6.45, 7) is 2.13. The van der Waals surface area contributed by atoms with Crippen LogP contribution in [0.25, 0.3) is 0 Å². The van der Waals surface area contributed by atoms with Gasteiger partial charge in [-0.3, -0.25) is 9.79 Å². The maximum absolute atomic E-state index is 11.4. The van der Waals surface area contributed by atoms with Gasteiger partial charge in [0.2, 0.25) is 5.91 Å². The third kappa shape index (κ3) is 14.2. The molecule has 120 valence electrons. The Kier molecular flexibility index (Phi) is 18.6. The summed E-state index contributed by atoms with van der Waals surface area (Å²) in [6, 6.07) is 0. The number of hydrogen-bond acceptors (Lipinski definition) is 4. The van der Waals surface area contributed by atoms with Crippen LogP contribution in [-0.4, -0.2) is 64.3 Å². The number of amides is 1. The normalized spacial score (nSPS) is 10.7. The van der Waals surface area contributed by atoms with Crippen LogP contribution < -0.4 is 16.0 Å². The van der Waals surface area contributed by atoms with Crippen molar-refractivity contribution in [1.82, 2.24) is 16.0 Å². The number of methoxy groups -OCH3 is 1. The molecule has 0 aromatic carbocycles. The van der Waals surface area contributed by atoms with Crippen LogP contribution in [0.3, 0.4) is 0 Å². The van der Waals surface area contributed by atoms with Gasteiger partial charge in [-0.05, 0) is 24.9 Å². The quantitative estimate of drug-likeness (QED) is 0.211. The Hall–Kier alpha value is -0.220. The molecule has 0 unspecified atom stereocenters. The number of nitrogens with zero attached hydrogens (tertiary/aromatic N) is 1. The van der Waals surface area contributed by atoms with Crippen LogP contribution in [0.4, 0.5) is 0 Å². The Morgan fingerprint density at radius 3 is 2.55 bits per heavy atom. The van der Waals surface area contributed by atoms with E-state index in [4.69, 9.17) is 4.74 Å². The Morgan fingerprint density at radius 2 is 1.95 bits per heavy atom. The number of carbonyl (C=O) groups is 1. The molecular weight excluding hydrogens is 391 g/mol. The number of unbranched alkanes of at least 4 members (excludes halogenated alkanes) is 1. The van der Waals surface area contributed by atoms with E-state index in [9.17, 15) is 4.79 Å². The third-order valence-corrected chi connectivity index (χ3v) is 3.03. The first-order valence-corrected chi connectivity index (χ1v) is 7.83. The smallest absolute Gasteiger partial charge is 0.239 e. The fourth-order valence-electron chi connectivity index (χ4n) is 1.32. The Labute approximate surface area is 143 Å². The summed E-state index contributed by atoms with van der Waals surface area (Å²) in [7, 11) is 3.30. The highest BCUT2D eigenvalue weighted by Crippen LogP contribution is 1.97. The summed E-state index contributed by atoms with van der Waals surface area (Å²) in [6.07, 6.45) is 4.39. The van der Waals surface area contributed by atoms with Crippen LogP contribution in [0.5, 0.6) is 0 Å². The van der Waals surface area contributed by atoms with Gasteiger partial charge in [0, 0.05) is 27.2 Å². The first-order valence-electron chi connectivity index (χ1n) is 6.43. The molecule has 1 amide bonds. The summed E-state index contributed by atoms with van der Waals surface area (Å²) < 4.78 is 4.85. The molecule has 6 nitrogen and oxygen atoms in total. The van der Waals surface area contributed by atoms with Gasteiger partial charge in [-0.15, -0.1) is 24.0 Å². The molecule has 0 aliphatic carbocycles. The van der Waals surface area contributed by atoms with Gasteiger partial charge >= 0.3 is 0 Å². The van der Waals surface area contributed by atoms with Crippen molar-refractivity contribution in [2.45, 2.75) is 12.8 Å². The van der Waals surface area contributed by atoms with Crippen LogP contribution in [0.15, 0.2) is 4.99 Å². The lowest BCUT2D eigenvalue weighted by molar-refractivity contribution is -0.120. The predicted octanol–water partition coefficient (Wildman–Crippen LogP) is 0.675. The molecule has 8 heteroatoms. The topological polar surface area (TPSA) is 74.8 Å². The lowest BCUT2D eigenvalue weighted by atomic mass is 10.3. The zero-order chi connectivity index (χ0) is 14.3. The Bertz CT molecular complexity index is 268. The van der Waals surface area contributed by atoms with Crippen molar-refractivity contribution in [3.63, 3.8) is 0 Å². The molecule has 0 atom stereocenters. The number of nitrogens with one attached hydrogen (secondary N) is 3. The van der Waals surface area contributed by atoms with Crippen molar-refractivity contribution in [3.05, 3.63) is 0 Å². The van der Waals surface area contributed by atoms with E-state index in [1.807, 2.05) is 11.8 Å². The zero-order valence-electron chi connectivity index (χ0n) is 12.5. The maximum atomic E-state index is 11.4. The number of ether oxygens (including phenoxy) is 1. The van der Waals surface area contributed by atoms with Gasteiger partial charge in [0.25, 0.3) is 0 Å². The fourth-order valence-corrected chi connectivity index (χ4v) is 1.81. The van der Waals surface area contributed by atoms with Gasteiger partial charge in [-0.1, -0.05) is 0 Å². The summed E-state index contributed by atoms with van der Waals surface area (Å²) in [5.41, 5.74) is 0. The molecule has 0 heterocycles. The predicted molar refractivity (Wildman–Crippen MR) is 97.3 cm³/mol. The van der Waals surface area contributed by atoms with E-state index in [0.717, 1.165) is 13.0 Å². The zero-order valence-corrected chi connectivity index (χ0v) is 15.7. The van der Waals surface area contributed by atoms with E-state index in [-0.39, 0.29) is 36.4 Å². The highest BCUT2D eigenvalue weighted by Gasteiger charge is 2.02. The molecule has 20 heavy (non-hydrogen) atoms. The lowest BCUT2D eigenvalue weighted by Crippen LogP contribution is -2.43. The molecule has 0 spiro atoms. The average Bonchev–Trinajstić information content (AvgIpc) is 2.42. The van der Waals surface area contributed by atoms with Crippen molar-refractivity contribution < 1.29 is 9.53 Å². The van der Waals surface area contributed by atoms with Gasteiger partial charge in [-0.2, -0.15) is 11.8 Å². The molecule has 0 saturated heterocycles. The highest BCUT2D eigenvalue weighted by molar-refractivity contribution is 14.0. The summed E-state index contributed by atoms with van der Waals surface area (Å²) in [5.74, 6) is 1.77. The van der Waals surface area contributed by atoms with Crippen LogP contribution in [0, 0.1) is 0 Å². The molecule has 0 aromatic heterocycles. The first kappa shape index (κ1) is 22.1. The largest absolute Gasteiger partial charge is 0.383 e. The molecular formula is C12H27IN4O2S. The van der Waals surface area contributed by atoms with E-state index in [0.29, 0.717) is 19.1 Å². The van der Waals surface area contributed by atoms with E-state index in [1.165, 1.54) is 12.2 Å². The minimum absolute atomic E-state index is 0. The monoisotopic (exact) mass is 418 g/mol. The second-order valence-electron chi connectivity index (χ2n) is 3.90. The molecule has 0 fully saturated rings. The van der Waals surface area contributed by atoms with Gasteiger partial charge in [-0.25, -0.2) is 0 Å². The number of hydrogen-bond donors (Lipinski definition) is 3. The molecule has 0 aliphatic rings. The molecule has 0 aliphatic heterocycles. The first-order chi connectivity index (χ1) is 9.24. The van der Waals surface area contributed by atoms with Crippen LogP contribution in [0.1, 0.15) is 12.8 Å². The molecule has 0 rings (SSSR count). The number of halogens is 1. The average molecular weight is 418 g/mol. The molecule has 0 aromatic rings.